The van der Waals surface area contributed by atoms with E-state index in [1.54, 1.807) is 48.5 Å². The molecule has 0 aliphatic carbocycles. The quantitative estimate of drug-likeness (QED) is 0.377. The maximum absolute atomic E-state index is 14.0. The number of halogens is 2. The number of hydrogen-bond donors (Lipinski definition) is 1. The van der Waals surface area contributed by atoms with Crippen LogP contribution in [0.2, 0.25) is 5.02 Å². The highest BCUT2D eigenvalue weighted by Gasteiger charge is 2.15. The summed E-state index contributed by atoms with van der Waals surface area (Å²) in [5.41, 5.74) is 3.09. The van der Waals surface area contributed by atoms with Gasteiger partial charge in [0.15, 0.2) is 0 Å². The molecule has 0 saturated carbocycles. The molecule has 6 heteroatoms. The van der Waals surface area contributed by atoms with Crippen molar-refractivity contribution in [1.82, 2.24) is 4.98 Å². The molecule has 3 aromatic carbocycles. The lowest BCUT2D eigenvalue weighted by molar-refractivity contribution is 0.0690. The fourth-order valence-electron chi connectivity index (χ4n) is 3.25. The van der Waals surface area contributed by atoms with Gasteiger partial charge in [0.1, 0.15) is 23.9 Å². The van der Waals surface area contributed by atoms with Gasteiger partial charge in [-0.3, -0.25) is 0 Å². The summed E-state index contributed by atoms with van der Waals surface area (Å²) in [5, 5.41) is 9.80. The molecule has 0 bridgehead atoms. The molecule has 1 N–H and O–H groups in total. The first-order chi connectivity index (χ1) is 15.0. The number of carboxylic acid groups (broad SMARTS) is 1. The van der Waals surface area contributed by atoms with Crippen LogP contribution in [0.25, 0.3) is 22.4 Å². The molecule has 4 nitrogen and oxygen atoms in total. The SMILES string of the molecule is O=C(O)c1cccc(-c2ccccc2-c2cc(Cl)ccc2OCc2ccccc2F)n1. The Kier molecular flexibility index (Phi) is 5.96. The topological polar surface area (TPSA) is 59.4 Å². The maximum Gasteiger partial charge on any atom is 0.354 e. The molecule has 0 aliphatic heterocycles. The number of pyridine rings is 1. The van der Waals surface area contributed by atoms with Crippen molar-refractivity contribution in [2.24, 2.45) is 0 Å². The second-order valence-corrected chi connectivity index (χ2v) is 7.22. The van der Waals surface area contributed by atoms with Gasteiger partial charge in [-0.2, -0.15) is 0 Å². The minimum absolute atomic E-state index is 0.0468. The predicted octanol–water partition coefficient (Wildman–Crippen LogP) is 6.49. The number of carboxylic acids is 1. The number of ether oxygens (including phenoxy) is 1. The normalized spacial score (nSPS) is 10.6. The van der Waals surface area contributed by atoms with E-state index in [-0.39, 0.29) is 18.1 Å². The summed E-state index contributed by atoms with van der Waals surface area (Å²) in [4.78, 5) is 15.6. The van der Waals surface area contributed by atoms with Crippen LogP contribution in [0, 0.1) is 5.82 Å². The lowest BCUT2D eigenvalue weighted by Gasteiger charge is -2.16. The van der Waals surface area contributed by atoms with Crippen LogP contribution in [0.3, 0.4) is 0 Å². The number of hydrogen-bond acceptors (Lipinski definition) is 3. The van der Waals surface area contributed by atoms with Gasteiger partial charge in [-0.05, 0) is 42.0 Å². The van der Waals surface area contributed by atoms with E-state index < -0.39 is 5.97 Å². The van der Waals surface area contributed by atoms with E-state index in [2.05, 4.69) is 4.98 Å². The van der Waals surface area contributed by atoms with Gasteiger partial charge in [0, 0.05) is 21.7 Å². The molecule has 0 radical (unpaired) electrons. The number of aromatic nitrogens is 1. The predicted molar refractivity (Wildman–Crippen MR) is 118 cm³/mol. The van der Waals surface area contributed by atoms with Crippen LogP contribution in [0.15, 0.2) is 84.9 Å². The summed E-state index contributed by atoms with van der Waals surface area (Å²) in [7, 11) is 0. The summed E-state index contributed by atoms with van der Waals surface area (Å²) in [6, 6.07) is 23.9. The third-order valence-electron chi connectivity index (χ3n) is 4.74. The third kappa shape index (κ3) is 4.57. The van der Waals surface area contributed by atoms with Gasteiger partial charge in [0.2, 0.25) is 0 Å². The zero-order valence-electron chi connectivity index (χ0n) is 16.3. The van der Waals surface area contributed by atoms with Crippen LogP contribution in [0.1, 0.15) is 16.1 Å². The van der Waals surface area contributed by atoms with Crippen molar-refractivity contribution in [3.05, 3.63) is 107 Å². The Bertz CT molecular complexity index is 1260. The number of rotatable bonds is 6. The Balaban J connectivity index is 1.77. The van der Waals surface area contributed by atoms with Crippen LogP contribution in [0.4, 0.5) is 4.39 Å². The highest BCUT2D eigenvalue weighted by Crippen LogP contribution is 2.38. The van der Waals surface area contributed by atoms with E-state index in [1.807, 2.05) is 24.3 Å². The molecule has 1 heterocycles. The summed E-state index contributed by atoms with van der Waals surface area (Å²) < 4.78 is 20.0. The van der Waals surface area contributed by atoms with Crippen LogP contribution in [-0.2, 0) is 6.61 Å². The van der Waals surface area contributed by atoms with Crippen molar-refractivity contribution in [1.29, 1.82) is 0 Å². The zero-order chi connectivity index (χ0) is 21.8. The average molecular weight is 434 g/mol. The van der Waals surface area contributed by atoms with Crippen molar-refractivity contribution >= 4 is 17.6 Å². The van der Waals surface area contributed by atoms with E-state index in [1.165, 1.54) is 12.1 Å². The van der Waals surface area contributed by atoms with E-state index in [0.29, 0.717) is 27.6 Å². The molecule has 0 saturated heterocycles. The van der Waals surface area contributed by atoms with Crippen molar-refractivity contribution in [3.8, 4) is 28.1 Å². The van der Waals surface area contributed by atoms with E-state index >= 15 is 0 Å². The standard InChI is InChI=1S/C25H17ClFNO3/c26-17-12-13-24(31-15-16-6-1-4-9-21(16)27)20(14-17)18-7-2-3-8-19(18)22-10-5-11-23(28-22)25(29)30/h1-14H,15H2,(H,29,30). The van der Waals surface area contributed by atoms with E-state index in [0.717, 1.165) is 11.1 Å². The minimum Gasteiger partial charge on any atom is -0.488 e. The molecule has 4 aromatic rings. The van der Waals surface area contributed by atoms with Gasteiger partial charge in [-0.15, -0.1) is 0 Å². The third-order valence-corrected chi connectivity index (χ3v) is 4.98. The van der Waals surface area contributed by atoms with E-state index in [9.17, 15) is 14.3 Å². The Morgan fingerprint density at radius 3 is 2.42 bits per heavy atom. The number of carbonyl (C=O) groups is 1. The fraction of sp³-hybridized carbons (Fsp3) is 0.0400. The van der Waals surface area contributed by atoms with Gasteiger partial charge in [-0.1, -0.05) is 60.1 Å². The molecule has 154 valence electrons. The first kappa shape index (κ1) is 20.6. The summed E-state index contributed by atoms with van der Waals surface area (Å²) in [6.45, 7) is 0.0518. The smallest absolute Gasteiger partial charge is 0.354 e. The maximum atomic E-state index is 14.0. The lowest BCUT2D eigenvalue weighted by atomic mass is 9.96. The Labute approximate surface area is 183 Å². The zero-order valence-corrected chi connectivity index (χ0v) is 17.0. The van der Waals surface area contributed by atoms with E-state index in [4.69, 9.17) is 16.3 Å². The van der Waals surface area contributed by atoms with Crippen molar-refractivity contribution in [3.63, 3.8) is 0 Å². The second kappa shape index (κ2) is 8.98. The van der Waals surface area contributed by atoms with Crippen LogP contribution in [0.5, 0.6) is 5.75 Å². The van der Waals surface area contributed by atoms with Gasteiger partial charge < -0.3 is 9.84 Å². The van der Waals surface area contributed by atoms with Gasteiger partial charge in [0.25, 0.3) is 0 Å². The average Bonchev–Trinajstić information content (AvgIpc) is 2.79. The largest absolute Gasteiger partial charge is 0.488 e. The minimum atomic E-state index is -1.10. The molecule has 0 fully saturated rings. The summed E-state index contributed by atoms with van der Waals surface area (Å²) >= 11 is 6.27. The molecule has 0 spiro atoms. The first-order valence-corrected chi connectivity index (χ1v) is 9.86. The molecule has 31 heavy (non-hydrogen) atoms. The Hall–Kier alpha value is -3.70. The Morgan fingerprint density at radius 2 is 1.65 bits per heavy atom. The van der Waals surface area contributed by atoms with Gasteiger partial charge in [0.05, 0.1) is 5.69 Å². The molecular weight excluding hydrogens is 417 g/mol. The lowest BCUT2D eigenvalue weighted by Crippen LogP contribution is -2.02. The second-order valence-electron chi connectivity index (χ2n) is 6.78. The highest BCUT2D eigenvalue weighted by molar-refractivity contribution is 6.31. The van der Waals surface area contributed by atoms with Crippen LogP contribution >= 0.6 is 11.6 Å². The van der Waals surface area contributed by atoms with Crippen LogP contribution < -0.4 is 4.74 Å². The molecule has 1 aromatic heterocycles. The van der Waals surface area contributed by atoms with Crippen LogP contribution in [-0.4, -0.2) is 16.1 Å². The van der Waals surface area contributed by atoms with Crippen molar-refractivity contribution < 1.29 is 19.0 Å². The van der Waals surface area contributed by atoms with Crippen molar-refractivity contribution in [2.75, 3.05) is 0 Å². The number of nitrogens with zero attached hydrogens (tertiary/aromatic N) is 1. The number of benzene rings is 3. The number of aromatic carboxylic acids is 1. The molecule has 0 atom stereocenters. The monoisotopic (exact) mass is 433 g/mol. The van der Waals surface area contributed by atoms with Gasteiger partial charge in [-0.25, -0.2) is 14.2 Å². The molecular formula is C25H17ClFNO3. The molecule has 4 rings (SSSR count). The fourth-order valence-corrected chi connectivity index (χ4v) is 3.43. The van der Waals surface area contributed by atoms with Gasteiger partial charge >= 0.3 is 5.97 Å². The summed E-state index contributed by atoms with van der Waals surface area (Å²) in [6.07, 6.45) is 0. The highest BCUT2D eigenvalue weighted by atomic mass is 35.5. The summed E-state index contributed by atoms with van der Waals surface area (Å²) in [5.74, 6) is -0.918. The molecule has 0 unspecified atom stereocenters. The first-order valence-electron chi connectivity index (χ1n) is 9.49. The molecule has 0 aliphatic rings. The van der Waals surface area contributed by atoms with Crippen molar-refractivity contribution in [2.45, 2.75) is 6.61 Å². The molecule has 0 amide bonds. The Morgan fingerprint density at radius 1 is 0.903 bits per heavy atom.